The van der Waals surface area contributed by atoms with Crippen molar-refractivity contribution in [3.05, 3.63) is 83.8 Å². The van der Waals surface area contributed by atoms with Gasteiger partial charge < -0.3 is 15.0 Å². The van der Waals surface area contributed by atoms with Crippen LogP contribution in [-0.2, 0) is 11.3 Å². The quantitative estimate of drug-likeness (QED) is 0.671. The molecule has 0 spiro atoms. The maximum absolute atomic E-state index is 13.2. The Morgan fingerprint density at radius 1 is 1.13 bits per heavy atom. The second kappa shape index (κ2) is 8.73. The smallest absolute Gasteiger partial charge is 0.251 e. The number of anilines is 1. The maximum atomic E-state index is 13.2. The van der Waals surface area contributed by atoms with E-state index >= 15 is 0 Å². The van der Waals surface area contributed by atoms with Crippen molar-refractivity contribution in [2.24, 2.45) is 0 Å². The molecule has 0 saturated carbocycles. The number of benzene rings is 2. The number of hydrogen-bond acceptors (Lipinski definition) is 4. The summed E-state index contributed by atoms with van der Waals surface area (Å²) in [7, 11) is 0. The van der Waals surface area contributed by atoms with Crippen LogP contribution >= 0.6 is 0 Å². The molecule has 152 valence electrons. The van der Waals surface area contributed by atoms with Gasteiger partial charge in [0.15, 0.2) is 0 Å². The highest BCUT2D eigenvalue weighted by Crippen LogP contribution is 2.22. The third kappa shape index (κ3) is 4.63. The first-order chi connectivity index (χ1) is 14.6. The lowest BCUT2D eigenvalue weighted by Gasteiger charge is -2.15. The predicted molar refractivity (Wildman–Crippen MR) is 110 cm³/mol. The molecular formula is C23H20FN3O3. The molecule has 0 atom stereocenters. The van der Waals surface area contributed by atoms with Crippen LogP contribution < -0.4 is 15.0 Å². The van der Waals surface area contributed by atoms with Gasteiger partial charge in [-0.25, -0.2) is 9.37 Å². The van der Waals surface area contributed by atoms with Crippen LogP contribution in [0.4, 0.5) is 10.1 Å². The fourth-order valence-corrected chi connectivity index (χ4v) is 3.23. The summed E-state index contributed by atoms with van der Waals surface area (Å²) in [6, 6.07) is 16.3. The highest BCUT2D eigenvalue weighted by atomic mass is 19.1. The van der Waals surface area contributed by atoms with Crippen molar-refractivity contribution >= 4 is 17.5 Å². The summed E-state index contributed by atoms with van der Waals surface area (Å²) in [6.45, 7) is 1.02. The third-order valence-electron chi connectivity index (χ3n) is 4.78. The third-order valence-corrected chi connectivity index (χ3v) is 4.78. The molecule has 2 aromatic carbocycles. The number of nitrogens with one attached hydrogen (secondary N) is 1. The molecule has 3 aromatic rings. The van der Waals surface area contributed by atoms with E-state index in [1.54, 1.807) is 59.6 Å². The highest BCUT2D eigenvalue weighted by Gasteiger charge is 2.21. The molecule has 30 heavy (non-hydrogen) atoms. The Hall–Kier alpha value is -3.74. The molecule has 2 heterocycles. The molecule has 1 N–H and O–H groups in total. The van der Waals surface area contributed by atoms with Crippen molar-refractivity contribution in [1.82, 2.24) is 10.3 Å². The number of aromatic nitrogens is 1. The fourth-order valence-electron chi connectivity index (χ4n) is 3.23. The number of rotatable bonds is 6. The molecule has 1 aliphatic heterocycles. The molecule has 1 aromatic heterocycles. The summed E-state index contributed by atoms with van der Waals surface area (Å²) in [5.41, 5.74) is 2.13. The minimum absolute atomic E-state index is 0.115. The van der Waals surface area contributed by atoms with E-state index < -0.39 is 0 Å². The van der Waals surface area contributed by atoms with Crippen molar-refractivity contribution in [2.75, 3.05) is 11.4 Å². The first-order valence-electron chi connectivity index (χ1n) is 9.65. The summed E-state index contributed by atoms with van der Waals surface area (Å²) >= 11 is 0. The molecule has 2 amide bonds. The molecule has 0 bridgehead atoms. The van der Waals surface area contributed by atoms with Gasteiger partial charge in [0.25, 0.3) is 5.91 Å². The SMILES string of the molecule is O=C(NCc1ccc(Oc2cccc(F)c2)nc1)c1ccc(N2CCCC2=O)cc1. The number of halogens is 1. The lowest BCUT2D eigenvalue weighted by molar-refractivity contribution is -0.117. The number of carbonyl (C=O) groups is 2. The Morgan fingerprint density at radius 3 is 2.63 bits per heavy atom. The predicted octanol–water partition coefficient (Wildman–Crippen LogP) is 4.07. The van der Waals surface area contributed by atoms with Crippen molar-refractivity contribution in [3.63, 3.8) is 0 Å². The molecule has 7 heteroatoms. The molecule has 6 nitrogen and oxygen atoms in total. The Labute approximate surface area is 173 Å². The Morgan fingerprint density at radius 2 is 1.97 bits per heavy atom. The number of amides is 2. The molecule has 4 rings (SSSR count). The average Bonchev–Trinajstić information content (AvgIpc) is 3.19. The minimum Gasteiger partial charge on any atom is -0.439 e. The van der Waals surface area contributed by atoms with Crippen LogP contribution in [0.1, 0.15) is 28.8 Å². The molecular weight excluding hydrogens is 385 g/mol. The lowest BCUT2D eigenvalue weighted by Crippen LogP contribution is -2.25. The van der Waals surface area contributed by atoms with Gasteiger partial charge in [0.1, 0.15) is 11.6 Å². The monoisotopic (exact) mass is 405 g/mol. The number of carbonyl (C=O) groups excluding carboxylic acids is 2. The summed E-state index contributed by atoms with van der Waals surface area (Å²) in [5.74, 6) is 0.219. The van der Waals surface area contributed by atoms with Gasteiger partial charge in [0.2, 0.25) is 11.8 Å². The van der Waals surface area contributed by atoms with E-state index in [1.165, 1.54) is 12.1 Å². The maximum Gasteiger partial charge on any atom is 0.251 e. The summed E-state index contributed by atoms with van der Waals surface area (Å²) in [5, 5.41) is 2.84. The molecule has 0 aliphatic carbocycles. The van der Waals surface area contributed by atoms with Crippen LogP contribution in [0.2, 0.25) is 0 Å². The van der Waals surface area contributed by atoms with E-state index in [2.05, 4.69) is 10.3 Å². The Balaban J connectivity index is 1.31. The second-order valence-corrected chi connectivity index (χ2v) is 6.94. The molecule has 1 aliphatic rings. The van der Waals surface area contributed by atoms with Gasteiger partial charge in [-0.15, -0.1) is 0 Å². The van der Waals surface area contributed by atoms with E-state index in [1.807, 2.05) is 0 Å². The zero-order valence-corrected chi connectivity index (χ0v) is 16.2. The van der Waals surface area contributed by atoms with E-state index in [-0.39, 0.29) is 17.6 Å². The Bertz CT molecular complexity index is 1050. The second-order valence-electron chi connectivity index (χ2n) is 6.94. The van der Waals surface area contributed by atoms with Crippen LogP contribution in [0.25, 0.3) is 0 Å². The van der Waals surface area contributed by atoms with Gasteiger partial charge in [-0.3, -0.25) is 9.59 Å². The number of pyridine rings is 1. The van der Waals surface area contributed by atoms with Gasteiger partial charge in [-0.2, -0.15) is 0 Å². The van der Waals surface area contributed by atoms with Gasteiger partial charge >= 0.3 is 0 Å². The highest BCUT2D eigenvalue weighted by molar-refractivity contribution is 5.97. The van der Waals surface area contributed by atoms with Crippen molar-refractivity contribution < 1.29 is 18.7 Å². The molecule has 1 fully saturated rings. The van der Waals surface area contributed by atoms with E-state index in [4.69, 9.17) is 4.74 Å². The normalized spacial score (nSPS) is 13.4. The van der Waals surface area contributed by atoms with Gasteiger partial charge in [-0.05, 0) is 48.4 Å². The van der Waals surface area contributed by atoms with Gasteiger partial charge in [0, 0.05) is 49.1 Å². The zero-order chi connectivity index (χ0) is 20.9. The topological polar surface area (TPSA) is 71.5 Å². The first kappa shape index (κ1) is 19.6. The molecule has 1 saturated heterocycles. The van der Waals surface area contributed by atoms with Crippen molar-refractivity contribution in [3.8, 4) is 11.6 Å². The van der Waals surface area contributed by atoms with E-state index in [0.29, 0.717) is 30.2 Å². The molecule has 0 unspecified atom stereocenters. The largest absolute Gasteiger partial charge is 0.439 e. The van der Waals surface area contributed by atoms with Crippen LogP contribution in [0.15, 0.2) is 66.9 Å². The minimum atomic E-state index is -0.383. The fraction of sp³-hybridized carbons (Fsp3) is 0.174. The van der Waals surface area contributed by atoms with Crippen LogP contribution in [-0.4, -0.2) is 23.3 Å². The van der Waals surface area contributed by atoms with Crippen molar-refractivity contribution in [2.45, 2.75) is 19.4 Å². The van der Waals surface area contributed by atoms with Crippen LogP contribution in [0.5, 0.6) is 11.6 Å². The van der Waals surface area contributed by atoms with E-state index in [0.717, 1.165) is 24.2 Å². The van der Waals surface area contributed by atoms with Gasteiger partial charge in [0.05, 0.1) is 0 Å². The number of hydrogen-bond donors (Lipinski definition) is 1. The summed E-state index contributed by atoms with van der Waals surface area (Å²) in [6.07, 6.45) is 3.03. The summed E-state index contributed by atoms with van der Waals surface area (Å²) in [4.78, 5) is 30.1. The Kier molecular flexibility index (Phi) is 5.70. The average molecular weight is 405 g/mol. The van der Waals surface area contributed by atoms with E-state index in [9.17, 15) is 14.0 Å². The van der Waals surface area contributed by atoms with Crippen LogP contribution in [0.3, 0.4) is 0 Å². The summed E-state index contributed by atoms with van der Waals surface area (Å²) < 4.78 is 18.7. The number of nitrogens with zero attached hydrogens (tertiary/aromatic N) is 2. The first-order valence-corrected chi connectivity index (χ1v) is 9.65. The zero-order valence-electron chi connectivity index (χ0n) is 16.2. The van der Waals surface area contributed by atoms with Gasteiger partial charge in [-0.1, -0.05) is 12.1 Å². The number of ether oxygens (including phenoxy) is 1. The van der Waals surface area contributed by atoms with Crippen LogP contribution in [0, 0.1) is 5.82 Å². The van der Waals surface area contributed by atoms with Crippen molar-refractivity contribution in [1.29, 1.82) is 0 Å². The lowest BCUT2D eigenvalue weighted by atomic mass is 10.1. The standard InChI is InChI=1S/C23H20FN3O3/c24-18-3-1-4-20(13-18)30-21-11-6-16(14-25-21)15-26-23(29)17-7-9-19(10-8-17)27-12-2-5-22(27)28/h1,3-4,6-11,13-14H,2,5,12,15H2,(H,26,29). The molecule has 0 radical (unpaired) electrons.